The molecule has 0 atom stereocenters. The smallest absolute Gasteiger partial charge is 0.179 e. The van der Waals surface area contributed by atoms with Gasteiger partial charge in [-0.25, -0.2) is 0 Å². The van der Waals surface area contributed by atoms with Crippen LogP contribution in [0.1, 0.15) is 0 Å². The van der Waals surface area contributed by atoms with E-state index in [4.69, 9.17) is 18.8 Å². The number of nitrogens with zero attached hydrogens (tertiary/aromatic N) is 6. The maximum atomic E-state index is 6.57. The van der Waals surface area contributed by atoms with Gasteiger partial charge in [-0.2, -0.15) is 0 Å². The van der Waals surface area contributed by atoms with Gasteiger partial charge in [0, 0.05) is 51.9 Å². The molecule has 8 heteroatoms. The van der Waals surface area contributed by atoms with Gasteiger partial charge in [-0.15, -0.1) is 0 Å². The lowest BCUT2D eigenvalue weighted by molar-refractivity contribution is 0.664. The molecule has 0 spiro atoms. The molecule has 52 heavy (non-hydrogen) atoms. The molecule has 12 rings (SSSR count). The third-order valence-corrected chi connectivity index (χ3v) is 10.3. The van der Waals surface area contributed by atoms with Gasteiger partial charge in [0.2, 0.25) is 0 Å². The van der Waals surface area contributed by atoms with Crippen LogP contribution < -0.4 is 0 Å². The number of benzene rings is 4. The van der Waals surface area contributed by atoms with Gasteiger partial charge in [-0.3, -0.25) is 19.9 Å². The van der Waals surface area contributed by atoms with Crippen LogP contribution in [0.15, 0.2) is 155 Å². The molecule has 12 aromatic rings. The average Bonchev–Trinajstić information content (AvgIpc) is 3.95. The fraction of sp³-hybridized carbons (Fsp3) is 0. The number of pyridine rings is 4. The Kier molecular flexibility index (Phi) is 5.35. The zero-order valence-electron chi connectivity index (χ0n) is 27.4. The molecule has 8 aromatic heterocycles. The van der Waals surface area contributed by atoms with Crippen LogP contribution in [0.5, 0.6) is 0 Å². The molecule has 8 nitrogen and oxygen atoms in total. The van der Waals surface area contributed by atoms with Crippen molar-refractivity contribution in [2.75, 3.05) is 0 Å². The van der Waals surface area contributed by atoms with Crippen molar-refractivity contribution in [3.63, 3.8) is 0 Å². The molecule has 0 bridgehead atoms. The number of hydrogen-bond donors (Lipinski definition) is 0. The average molecular weight is 669 g/mol. The molecule has 0 fully saturated rings. The first-order chi connectivity index (χ1) is 25.8. The van der Waals surface area contributed by atoms with Crippen molar-refractivity contribution in [2.45, 2.75) is 0 Å². The summed E-state index contributed by atoms with van der Waals surface area (Å²) in [4.78, 5) is 18.7. The summed E-state index contributed by atoms with van der Waals surface area (Å²) < 4.78 is 17.8. The first-order valence-corrected chi connectivity index (χ1v) is 17.1. The third-order valence-electron chi connectivity index (χ3n) is 10.3. The van der Waals surface area contributed by atoms with Gasteiger partial charge in [-0.05, 0) is 72.3 Å². The van der Waals surface area contributed by atoms with E-state index in [9.17, 15) is 0 Å². The van der Waals surface area contributed by atoms with Crippen LogP contribution in [-0.4, -0.2) is 29.1 Å². The van der Waals surface area contributed by atoms with E-state index in [0.717, 1.165) is 77.4 Å². The van der Waals surface area contributed by atoms with Crippen LogP contribution in [0, 0.1) is 0 Å². The summed E-state index contributed by atoms with van der Waals surface area (Å²) in [5, 5.41) is 4.56. The highest BCUT2D eigenvalue weighted by atomic mass is 16.3. The monoisotopic (exact) mass is 668 g/mol. The summed E-state index contributed by atoms with van der Waals surface area (Å²) in [6.07, 6.45) is 7.25. The van der Waals surface area contributed by atoms with Crippen molar-refractivity contribution in [1.82, 2.24) is 29.1 Å². The molecule has 0 unspecified atom stereocenters. The van der Waals surface area contributed by atoms with E-state index >= 15 is 0 Å². The lowest BCUT2D eigenvalue weighted by atomic mass is 10.0. The second-order valence-corrected chi connectivity index (χ2v) is 13.1. The normalized spacial score (nSPS) is 12.2. The van der Waals surface area contributed by atoms with Gasteiger partial charge in [0.25, 0.3) is 0 Å². The predicted molar refractivity (Wildman–Crippen MR) is 206 cm³/mol. The van der Waals surface area contributed by atoms with Crippen LogP contribution in [0.4, 0.5) is 0 Å². The molecule has 0 aliphatic heterocycles. The Morgan fingerprint density at radius 3 is 1.62 bits per heavy atom. The quantitative estimate of drug-likeness (QED) is 0.186. The van der Waals surface area contributed by atoms with E-state index in [2.05, 4.69) is 104 Å². The Morgan fingerprint density at radius 1 is 0.404 bits per heavy atom. The van der Waals surface area contributed by atoms with Crippen molar-refractivity contribution in [2.24, 2.45) is 0 Å². The van der Waals surface area contributed by atoms with Gasteiger partial charge < -0.3 is 18.0 Å². The number of furan rings is 2. The van der Waals surface area contributed by atoms with E-state index in [0.29, 0.717) is 22.3 Å². The van der Waals surface area contributed by atoms with E-state index in [1.54, 1.807) is 12.4 Å². The van der Waals surface area contributed by atoms with Crippen molar-refractivity contribution in [3.05, 3.63) is 146 Å². The second-order valence-electron chi connectivity index (χ2n) is 13.1. The summed E-state index contributed by atoms with van der Waals surface area (Å²) in [6, 6.07) is 42.1. The molecular weight excluding hydrogens is 645 g/mol. The standard InChI is InChI=1S/C44H24N6O2/c1-4-12-31-27(9-1)28-10-2-5-13-32(28)49(31)35-24-25(26-17-21-47-40-38-36(51-43(26)40)15-7-19-45-38)23-30-29-11-3-6-14-33(29)50(42(30)35)34-18-22-48-41-39-37(52-44(34)41)16-8-20-46-39/h1-24H. The van der Waals surface area contributed by atoms with Gasteiger partial charge in [0.15, 0.2) is 22.3 Å². The maximum Gasteiger partial charge on any atom is 0.179 e. The zero-order valence-corrected chi connectivity index (χ0v) is 27.4. The Hall–Kier alpha value is -7.32. The maximum absolute atomic E-state index is 6.57. The number of hydrogen-bond acceptors (Lipinski definition) is 6. The summed E-state index contributed by atoms with van der Waals surface area (Å²) in [6.45, 7) is 0. The second kappa shape index (κ2) is 10.1. The van der Waals surface area contributed by atoms with Crippen molar-refractivity contribution < 1.29 is 8.83 Å². The number of aromatic nitrogens is 6. The van der Waals surface area contributed by atoms with Gasteiger partial charge in [-0.1, -0.05) is 54.6 Å². The van der Waals surface area contributed by atoms with Crippen molar-refractivity contribution >= 4 is 88.0 Å². The predicted octanol–water partition coefficient (Wildman–Crippen LogP) is 10.9. The molecule has 0 N–H and O–H groups in total. The Morgan fingerprint density at radius 2 is 0.942 bits per heavy atom. The van der Waals surface area contributed by atoms with Crippen LogP contribution in [0.25, 0.3) is 111 Å². The number of fused-ring (bicyclic) bond motifs is 12. The van der Waals surface area contributed by atoms with Crippen molar-refractivity contribution in [1.29, 1.82) is 0 Å². The molecule has 4 aromatic carbocycles. The third kappa shape index (κ3) is 3.59. The highest BCUT2D eigenvalue weighted by molar-refractivity contribution is 6.18. The van der Waals surface area contributed by atoms with E-state index in [1.807, 2.05) is 48.8 Å². The topological polar surface area (TPSA) is 87.7 Å². The molecule has 0 aliphatic carbocycles. The van der Waals surface area contributed by atoms with E-state index in [1.165, 1.54) is 10.8 Å². The zero-order chi connectivity index (χ0) is 33.9. The molecular formula is C44H24N6O2. The summed E-state index contributed by atoms with van der Waals surface area (Å²) in [5.41, 5.74) is 13.9. The van der Waals surface area contributed by atoms with Crippen LogP contribution in [0.3, 0.4) is 0 Å². The minimum Gasteiger partial charge on any atom is -0.452 e. The minimum absolute atomic E-state index is 0.682. The Labute approximate surface area is 293 Å². The molecule has 0 saturated carbocycles. The highest BCUT2D eigenvalue weighted by Crippen LogP contribution is 2.44. The molecule has 0 radical (unpaired) electrons. The van der Waals surface area contributed by atoms with Crippen LogP contribution >= 0.6 is 0 Å². The molecule has 0 saturated heterocycles. The molecule has 242 valence electrons. The molecule has 0 amide bonds. The lowest BCUT2D eigenvalue weighted by Crippen LogP contribution is -2.02. The van der Waals surface area contributed by atoms with Gasteiger partial charge in [0.1, 0.15) is 22.1 Å². The number of rotatable bonds is 3. The first-order valence-electron chi connectivity index (χ1n) is 17.1. The highest BCUT2D eigenvalue weighted by Gasteiger charge is 2.25. The summed E-state index contributed by atoms with van der Waals surface area (Å²) in [5.74, 6) is 0. The molecule has 0 aliphatic rings. The Balaban J connectivity index is 1.29. The van der Waals surface area contributed by atoms with Gasteiger partial charge in [0.05, 0.1) is 33.4 Å². The van der Waals surface area contributed by atoms with Crippen LogP contribution in [-0.2, 0) is 0 Å². The fourth-order valence-electron chi connectivity index (χ4n) is 8.19. The summed E-state index contributed by atoms with van der Waals surface area (Å²) >= 11 is 0. The van der Waals surface area contributed by atoms with Crippen molar-refractivity contribution in [3.8, 4) is 22.5 Å². The fourth-order valence-corrected chi connectivity index (χ4v) is 8.19. The van der Waals surface area contributed by atoms with Gasteiger partial charge >= 0.3 is 0 Å². The SMILES string of the molecule is c1cnc2c(c1)oc1c(-c3cc(-n4c5ccccc5c5ccccc54)c4c(c3)c3ccccc3n4-c3ccnc4c3oc3cccnc34)ccnc12. The van der Waals surface area contributed by atoms with Crippen LogP contribution in [0.2, 0.25) is 0 Å². The largest absolute Gasteiger partial charge is 0.452 e. The molecule has 8 heterocycles. The van der Waals surface area contributed by atoms with E-state index in [-0.39, 0.29) is 0 Å². The number of para-hydroxylation sites is 3. The summed E-state index contributed by atoms with van der Waals surface area (Å²) in [7, 11) is 0. The minimum atomic E-state index is 0.682. The first kappa shape index (κ1) is 27.5. The Bertz CT molecular complexity index is 3390. The van der Waals surface area contributed by atoms with E-state index < -0.39 is 0 Å². The lowest BCUT2D eigenvalue weighted by Gasteiger charge is -2.16.